The number of nitrogens with one attached hydrogen (secondary N) is 2. The minimum Gasteiger partial charge on any atom is -0.494 e. The molecule has 7 nitrogen and oxygen atoms in total. The average Bonchev–Trinajstić information content (AvgIpc) is 3.01. The van der Waals surface area contributed by atoms with Crippen molar-refractivity contribution in [2.24, 2.45) is 7.05 Å². The molecular weight excluding hydrogens is 318 g/mol. The van der Waals surface area contributed by atoms with E-state index in [0.717, 1.165) is 38.2 Å². The molecule has 2 N–H and O–H groups in total. The third kappa shape index (κ3) is 4.36. The minimum atomic E-state index is -0.214. The van der Waals surface area contributed by atoms with Crippen molar-refractivity contribution in [1.82, 2.24) is 20.1 Å². The molecule has 0 radical (unpaired) electrons. The van der Waals surface area contributed by atoms with E-state index in [0.29, 0.717) is 29.8 Å². The molecule has 1 fully saturated rings. The molecule has 0 atom stereocenters. The summed E-state index contributed by atoms with van der Waals surface area (Å²) in [6.07, 6.45) is 2.97. The first-order valence-corrected chi connectivity index (χ1v) is 8.83. The summed E-state index contributed by atoms with van der Waals surface area (Å²) in [6, 6.07) is 7.17. The van der Waals surface area contributed by atoms with Gasteiger partial charge in [-0.25, -0.2) is 4.68 Å². The van der Waals surface area contributed by atoms with Crippen molar-refractivity contribution >= 4 is 11.9 Å². The molecule has 0 saturated carbocycles. The summed E-state index contributed by atoms with van der Waals surface area (Å²) in [5.41, 5.74) is 0.542. The van der Waals surface area contributed by atoms with E-state index in [1.165, 1.54) is 0 Å². The molecule has 0 aliphatic carbocycles. The highest BCUT2D eigenvalue weighted by Gasteiger charge is 2.21. The molecule has 2 aromatic rings. The van der Waals surface area contributed by atoms with E-state index in [9.17, 15) is 4.79 Å². The van der Waals surface area contributed by atoms with Gasteiger partial charge in [0.2, 0.25) is 5.95 Å². The second-order valence-corrected chi connectivity index (χ2v) is 6.27. The lowest BCUT2D eigenvalue weighted by atomic mass is 9.98. The van der Waals surface area contributed by atoms with Crippen LogP contribution in [0.1, 0.15) is 48.3 Å². The fourth-order valence-electron chi connectivity index (χ4n) is 2.89. The maximum absolute atomic E-state index is 12.5. The van der Waals surface area contributed by atoms with Gasteiger partial charge in [-0.15, -0.1) is 0 Å². The number of piperidine rings is 1. The lowest BCUT2D eigenvalue weighted by Gasteiger charge is -2.19. The van der Waals surface area contributed by atoms with Crippen LogP contribution in [0.15, 0.2) is 24.3 Å². The smallest absolute Gasteiger partial charge is 0.258 e. The van der Waals surface area contributed by atoms with Gasteiger partial charge in [-0.3, -0.25) is 10.1 Å². The zero-order chi connectivity index (χ0) is 17.6. The molecule has 0 spiro atoms. The van der Waals surface area contributed by atoms with Gasteiger partial charge in [0.05, 0.1) is 6.61 Å². The van der Waals surface area contributed by atoms with Gasteiger partial charge < -0.3 is 10.1 Å². The van der Waals surface area contributed by atoms with Crippen molar-refractivity contribution in [2.75, 3.05) is 25.0 Å². The number of hydrogen-bond donors (Lipinski definition) is 2. The highest BCUT2D eigenvalue weighted by atomic mass is 16.5. The number of nitrogens with zero attached hydrogens (tertiary/aromatic N) is 3. The van der Waals surface area contributed by atoms with Gasteiger partial charge >= 0.3 is 0 Å². The summed E-state index contributed by atoms with van der Waals surface area (Å²) in [5, 5.41) is 10.7. The number of anilines is 1. The Morgan fingerprint density at radius 3 is 2.96 bits per heavy atom. The summed E-state index contributed by atoms with van der Waals surface area (Å²) >= 11 is 0. The van der Waals surface area contributed by atoms with E-state index in [1.807, 2.05) is 19.1 Å². The number of benzene rings is 1. The number of carbonyl (C=O) groups excluding carboxylic acids is 1. The van der Waals surface area contributed by atoms with E-state index in [2.05, 4.69) is 20.7 Å². The van der Waals surface area contributed by atoms with Crippen LogP contribution >= 0.6 is 0 Å². The fourth-order valence-corrected chi connectivity index (χ4v) is 2.89. The van der Waals surface area contributed by atoms with Crippen LogP contribution in [0.3, 0.4) is 0 Å². The Hall–Kier alpha value is -2.41. The Balaban J connectivity index is 1.69. The van der Waals surface area contributed by atoms with E-state index in [-0.39, 0.29) is 5.91 Å². The normalized spacial score (nSPS) is 15.1. The van der Waals surface area contributed by atoms with Crippen LogP contribution in [0.4, 0.5) is 5.95 Å². The monoisotopic (exact) mass is 343 g/mol. The molecule has 25 heavy (non-hydrogen) atoms. The third-order valence-corrected chi connectivity index (χ3v) is 4.28. The summed E-state index contributed by atoms with van der Waals surface area (Å²) < 4.78 is 7.22. The van der Waals surface area contributed by atoms with Crippen LogP contribution in [0.5, 0.6) is 5.75 Å². The SMILES string of the molecule is CCCOc1cccc(C(=O)Nc2nc(C3CCNCC3)nn2C)c1. The fraction of sp³-hybridized carbons (Fsp3) is 0.500. The van der Waals surface area contributed by atoms with Gasteiger partial charge in [0.25, 0.3) is 5.91 Å². The predicted molar refractivity (Wildman–Crippen MR) is 96.0 cm³/mol. The molecule has 7 heteroatoms. The summed E-state index contributed by atoms with van der Waals surface area (Å²) in [5.74, 6) is 2.11. The molecule has 1 aromatic carbocycles. The Morgan fingerprint density at radius 2 is 2.20 bits per heavy atom. The number of amides is 1. The van der Waals surface area contributed by atoms with Gasteiger partial charge in [-0.05, 0) is 50.6 Å². The number of aromatic nitrogens is 3. The molecule has 0 bridgehead atoms. The average molecular weight is 343 g/mol. The second kappa shape index (κ2) is 8.11. The van der Waals surface area contributed by atoms with Crippen molar-refractivity contribution in [2.45, 2.75) is 32.1 Å². The standard InChI is InChI=1S/C18H25N5O2/c1-3-11-25-15-6-4-5-14(12-15)17(24)21-18-20-16(22-23(18)2)13-7-9-19-10-8-13/h4-6,12-13,19H,3,7-11H2,1-2H3,(H,20,21,22,24). The van der Waals surface area contributed by atoms with E-state index in [1.54, 1.807) is 23.9 Å². The molecular formula is C18H25N5O2. The highest BCUT2D eigenvalue weighted by molar-refractivity contribution is 6.03. The van der Waals surface area contributed by atoms with E-state index >= 15 is 0 Å². The van der Waals surface area contributed by atoms with Crippen LogP contribution in [0, 0.1) is 0 Å². The van der Waals surface area contributed by atoms with Crippen LogP contribution in [-0.2, 0) is 7.05 Å². The molecule has 2 heterocycles. The number of ether oxygens (including phenoxy) is 1. The summed E-state index contributed by atoms with van der Waals surface area (Å²) in [7, 11) is 1.80. The lowest BCUT2D eigenvalue weighted by Crippen LogP contribution is -2.27. The van der Waals surface area contributed by atoms with Crippen molar-refractivity contribution < 1.29 is 9.53 Å². The van der Waals surface area contributed by atoms with Crippen LogP contribution in [0.2, 0.25) is 0 Å². The topological polar surface area (TPSA) is 81.1 Å². The summed E-state index contributed by atoms with van der Waals surface area (Å²) in [4.78, 5) is 17.1. The zero-order valence-electron chi connectivity index (χ0n) is 14.8. The molecule has 0 unspecified atom stereocenters. The molecule has 134 valence electrons. The highest BCUT2D eigenvalue weighted by Crippen LogP contribution is 2.23. The lowest BCUT2D eigenvalue weighted by molar-refractivity contribution is 0.102. The van der Waals surface area contributed by atoms with Crippen molar-refractivity contribution in [1.29, 1.82) is 0 Å². The van der Waals surface area contributed by atoms with Crippen molar-refractivity contribution in [3.8, 4) is 5.75 Å². The molecule has 1 aliphatic heterocycles. The minimum absolute atomic E-state index is 0.214. The molecule has 1 amide bonds. The quantitative estimate of drug-likeness (QED) is 0.841. The molecule has 3 rings (SSSR count). The first-order chi connectivity index (χ1) is 12.2. The number of aryl methyl sites for hydroxylation is 1. The number of carbonyl (C=O) groups is 1. The first kappa shape index (κ1) is 17.4. The number of hydrogen-bond acceptors (Lipinski definition) is 5. The zero-order valence-corrected chi connectivity index (χ0v) is 14.8. The third-order valence-electron chi connectivity index (χ3n) is 4.28. The van der Waals surface area contributed by atoms with Gasteiger partial charge in [0.1, 0.15) is 5.75 Å². The Morgan fingerprint density at radius 1 is 1.40 bits per heavy atom. The van der Waals surface area contributed by atoms with Gasteiger partial charge in [-0.1, -0.05) is 13.0 Å². The van der Waals surface area contributed by atoms with E-state index in [4.69, 9.17) is 4.74 Å². The Labute approximate surface area is 147 Å². The Bertz CT molecular complexity index is 722. The summed E-state index contributed by atoms with van der Waals surface area (Å²) in [6.45, 7) is 4.64. The van der Waals surface area contributed by atoms with Crippen LogP contribution < -0.4 is 15.4 Å². The van der Waals surface area contributed by atoms with Gasteiger partial charge in [0.15, 0.2) is 5.82 Å². The van der Waals surface area contributed by atoms with Gasteiger partial charge in [0, 0.05) is 18.5 Å². The van der Waals surface area contributed by atoms with Crippen molar-refractivity contribution in [3.05, 3.63) is 35.7 Å². The van der Waals surface area contributed by atoms with Gasteiger partial charge in [-0.2, -0.15) is 10.1 Å². The predicted octanol–water partition coefficient (Wildman–Crippen LogP) is 2.32. The largest absolute Gasteiger partial charge is 0.494 e. The molecule has 1 aliphatic rings. The second-order valence-electron chi connectivity index (χ2n) is 6.27. The first-order valence-electron chi connectivity index (χ1n) is 8.83. The maximum atomic E-state index is 12.5. The number of rotatable bonds is 6. The van der Waals surface area contributed by atoms with Crippen molar-refractivity contribution in [3.63, 3.8) is 0 Å². The molecule has 1 aromatic heterocycles. The van der Waals surface area contributed by atoms with Crippen LogP contribution in [-0.4, -0.2) is 40.4 Å². The Kier molecular flexibility index (Phi) is 5.65. The maximum Gasteiger partial charge on any atom is 0.258 e. The van der Waals surface area contributed by atoms with E-state index < -0.39 is 0 Å². The molecule has 1 saturated heterocycles. The van der Waals surface area contributed by atoms with Crippen LogP contribution in [0.25, 0.3) is 0 Å².